The Morgan fingerprint density at radius 1 is 1.09 bits per heavy atom. The summed E-state index contributed by atoms with van der Waals surface area (Å²) in [5.74, 6) is -0.354. The lowest BCUT2D eigenvalue weighted by molar-refractivity contribution is -0.126. The number of sulfonamides is 1. The molecule has 0 atom stereocenters. The molecule has 0 spiro atoms. The van der Waals surface area contributed by atoms with Gasteiger partial charge in [-0.05, 0) is 49.3 Å². The van der Waals surface area contributed by atoms with Crippen molar-refractivity contribution >= 4 is 33.6 Å². The molecule has 9 heteroatoms. The number of piperidine rings is 1. The van der Waals surface area contributed by atoms with E-state index in [-0.39, 0.29) is 29.8 Å². The summed E-state index contributed by atoms with van der Waals surface area (Å²) < 4.78 is 27.2. The Hall–Kier alpha value is -1.80. The van der Waals surface area contributed by atoms with Crippen LogP contribution < -0.4 is 0 Å². The number of urea groups is 1. The first-order valence-corrected chi connectivity index (χ1v) is 13.4. The van der Waals surface area contributed by atoms with Gasteiger partial charge in [-0.15, -0.1) is 0 Å². The second-order valence-electron chi connectivity index (χ2n) is 9.33. The molecule has 1 aromatic rings. The minimum atomic E-state index is -3.90. The summed E-state index contributed by atoms with van der Waals surface area (Å²) in [6.07, 6.45) is 8.43. The second kappa shape index (κ2) is 9.59. The molecular formula is C23H32ClN3O4S. The first-order chi connectivity index (χ1) is 15.3. The zero-order chi connectivity index (χ0) is 22.9. The Balaban J connectivity index is 1.36. The van der Waals surface area contributed by atoms with Crippen molar-refractivity contribution in [1.29, 1.82) is 0 Å². The van der Waals surface area contributed by atoms with Gasteiger partial charge in [0.05, 0.1) is 11.3 Å². The number of fused-ring (bicyclic) bond motifs is 1. The predicted molar refractivity (Wildman–Crippen MR) is 123 cm³/mol. The lowest BCUT2D eigenvalue weighted by Gasteiger charge is -2.38. The summed E-state index contributed by atoms with van der Waals surface area (Å²) in [5, 5.41) is 0.339. The predicted octanol–water partition coefficient (Wildman–Crippen LogP) is 3.90. The largest absolute Gasteiger partial charge is 0.325 e. The fourth-order valence-electron chi connectivity index (χ4n) is 5.18. The summed E-state index contributed by atoms with van der Waals surface area (Å²) in [6, 6.07) is 5.03. The topological polar surface area (TPSA) is 78.0 Å². The van der Waals surface area contributed by atoms with Gasteiger partial charge in [0.15, 0.2) is 0 Å². The Bertz CT molecular complexity index is 967. The first-order valence-electron chi connectivity index (χ1n) is 11.6. The molecular weight excluding hydrogens is 450 g/mol. The Kier molecular flexibility index (Phi) is 7.00. The Labute approximate surface area is 195 Å². The highest BCUT2D eigenvalue weighted by Crippen LogP contribution is 2.32. The third kappa shape index (κ3) is 4.76. The van der Waals surface area contributed by atoms with Crippen molar-refractivity contribution in [2.24, 2.45) is 5.92 Å². The first kappa shape index (κ1) is 23.4. The van der Waals surface area contributed by atoms with Crippen molar-refractivity contribution in [2.45, 2.75) is 68.7 Å². The number of rotatable bonds is 3. The standard InChI is InChI=1S/C23H32ClN3O4S/c1-25(20-6-4-2-3-5-7-20)23(29)26-12-10-17(11-13-26)16-27-22(28)14-18-8-9-19(24)15-21(18)32(27,30)31/h8-9,15,17,20H,2-7,10-14,16H2,1H3. The summed E-state index contributed by atoms with van der Waals surface area (Å²) in [5.41, 5.74) is 0.498. The van der Waals surface area contributed by atoms with Gasteiger partial charge in [0.2, 0.25) is 5.91 Å². The molecule has 3 aliphatic rings. The number of hydrogen-bond acceptors (Lipinski definition) is 4. The van der Waals surface area contributed by atoms with Crippen LogP contribution in [0.25, 0.3) is 0 Å². The highest BCUT2D eigenvalue weighted by atomic mass is 35.5. The molecule has 0 radical (unpaired) electrons. The summed E-state index contributed by atoms with van der Waals surface area (Å²) in [6.45, 7) is 1.34. The van der Waals surface area contributed by atoms with Crippen LogP contribution in [0.1, 0.15) is 56.9 Å². The number of hydrogen-bond donors (Lipinski definition) is 0. The van der Waals surface area contributed by atoms with Crippen LogP contribution in [-0.2, 0) is 21.2 Å². The molecule has 7 nitrogen and oxygen atoms in total. The second-order valence-corrected chi connectivity index (χ2v) is 11.6. The van der Waals surface area contributed by atoms with Crippen molar-refractivity contribution in [3.05, 3.63) is 28.8 Å². The number of amides is 3. The van der Waals surface area contributed by atoms with Gasteiger partial charge in [-0.2, -0.15) is 0 Å². The number of halogens is 1. The van der Waals surface area contributed by atoms with E-state index < -0.39 is 15.9 Å². The van der Waals surface area contributed by atoms with E-state index in [1.54, 1.807) is 12.1 Å². The number of carbonyl (C=O) groups excluding carboxylic acids is 2. The number of nitrogens with zero attached hydrogens (tertiary/aromatic N) is 3. The average Bonchev–Trinajstić information content (AvgIpc) is 3.06. The molecule has 4 rings (SSSR count). The highest BCUT2D eigenvalue weighted by Gasteiger charge is 2.39. The van der Waals surface area contributed by atoms with Crippen LogP contribution in [0.5, 0.6) is 0 Å². The van der Waals surface area contributed by atoms with Crippen molar-refractivity contribution < 1.29 is 18.0 Å². The highest BCUT2D eigenvalue weighted by molar-refractivity contribution is 7.89. The number of carbonyl (C=O) groups is 2. The van der Waals surface area contributed by atoms with E-state index >= 15 is 0 Å². The summed E-state index contributed by atoms with van der Waals surface area (Å²) in [7, 11) is -2.00. The molecule has 1 saturated heterocycles. The molecule has 176 valence electrons. The zero-order valence-corrected chi connectivity index (χ0v) is 20.2. The van der Waals surface area contributed by atoms with E-state index in [2.05, 4.69) is 0 Å². The van der Waals surface area contributed by atoms with Crippen molar-refractivity contribution in [2.75, 3.05) is 26.7 Å². The van der Waals surface area contributed by atoms with Gasteiger partial charge in [-0.25, -0.2) is 17.5 Å². The quantitative estimate of drug-likeness (QED) is 0.613. The van der Waals surface area contributed by atoms with Gasteiger partial charge in [0, 0.05) is 37.7 Å². The summed E-state index contributed by atoms with van der Waals surface area (Å²) >= 11 is 6.01. The molecule has 0 N–H and O–H groups in total. The molecule has 0 aromatic heterocycles. The van der Waals surface area contributed by atoms with Crippen LogP contribution in [0, 0.1) is 5.92 Å². The SMILES string of the molecule is CN(C(=O)N1CCC(CN2C(=O)Cc3ccc(Cl)cc3S2(=O)=O)CC1)C1CCCCCC1. The maximum absolute atomic E-state index is 13.1. The lowest BCUT2D eigenvalue weighted by atomic mass is 9.96. The smallest absolute Gasteiger partial charge is 0.319 e. The van der Waals surface area contributed by atoms with E-state index in [1.807, 2.05) is 16.8 Å². The molecule has 1 saturated carbocycles. The van der Waals surface area contributed by atoms with E-state index in [1.165, 1.54) is 31.7 Å². The maximum Gasteiger partial charge on any atom is 0.319 e. The molecule has 2 heterocycles. The van der Waals surface area contributed by atoms with Gasteiger partial charge in [0.1, 0.15) is 0 Å². The molecule has 2 aliphatic heterocycles. The fourth-order valence-corrected chi connectivity index (χ4v) is 7.15. The van der Waals surface area contributed by atoms with Crippen molar-refractivity contribution in [1.82, 2.24) is 14.1 Å². The molecule has 0 unspecified atom stereocenters. The fraction of sp³-hybridized carbons (Fsp3) is 0.652. The third-order valence-corrected chi connectivity index (χ3v) is 9.30. The molecule has 0 bridgehead atoms. The molecule has 2 fully saturated rings. The molecule has 1 aliphatic carbocycles. The average molecular weight is 482 g/mol. The van der Waals surface area contributed by atoms with E-state index in [9.17, 15) is 18.0 Å². The van der Waals surface area contributed by atoms with Crippen LogP contribution in [0.4, 0.5) is 4.79 Å². The van der Waals surface area contributed by atoms with Gasteiger partial charge in [-0.3, -0.25) is 4.79 Å². The number of benzene rings is 1. The van der Waals surface area contributed by atoms with Crippen molar-refractivity contribution in [3.8, 4) is 0 Å². The molecule has 32 heavy (non-hydrogen) atoms. The van der Waals surface area contributed by atoms with Gasteiger partial charge in [-0.1, -0.05) is 43.4 Å². The monoisotopic (exact) mass is 481 g/mol. The van der Waals surface area contributed by atoms with Gasteiger partial charge < -0.3 is 9.80 Å². The van der Waals surface area contributed by atoms with Crippen LogP contribution >= 0.6 is 11.6 Å². The zero-order valence-electron chi connectivity index (χ0n) is 18.6. The van der Waals surface area contributed by atoms with Crippen LogP contribution in [-0.4, -0.2) is 67.2 Å². The number of likely N-dealkylation sites (tertiary alicyclic amines) is 1. The minimum Gasteiger partial charge on any atom is -0.325 e. The van der Waals surface area contributed by atoms with Crippen molar-refractivity contribution in [3.63, 3.8) is 0 Å². The summed E-state index contributed by atoms with van der Waals surface area (Å²) in [4.78, 5) is 29.6. The minimum absolute atomic E-state index is 0.0432. The van der Waals surface area contributed by atoms with Crippen LogP contribution in [0.2, 0.25) is 5.02 Å². The molecule has 1 aromatic carbocycles. The van der Waals surface area contributed by atoms with E-state index in [4.69, 9.17) is 11.6 Å². The maximum atomic E-state index is 13.1. The van der Waals surface area contributed by atoms with E-state index in [0.717, 1.165) is 17.1 Å². The van der Waals surface area contributed by atoms with E-state index in [0.29, 0.717) is 42.6 Å². The third-order valence-electron chi connectivity index (χ3n) is 7.20. The molecule has 3 amide bonds. The lowest BCUT2D eigenvalue weighted by Crippen LogP contribution is -2.50. The van der Waals surface area contributed by atoms with Crippen LogP contribution in [0.15, 0.2) is 23.1 Å². The van der Waals surface area contributed by atoms with Gasteiger partial charge in [0.25, 0.3) is 10.0 Å². The Morgan fingerprint density at radius 2 is 1.75 bits per heavy atom. The van der Waals surface area contributed by atoms with Crippen LogP contribution in [0.3, 0.4) is 0 Å². The van der Waals surface area contributed by atoms with Gasteiger partial charge >= 0.3 is 6.03 Å². The Morgan fingerprint density at radius 3 is 2.41 bits per heavy atom. The normalized spacial score (nSPS) is 22.4.